The second kappa shape index (κ2) is 8.52. The van der Waals surface area contributed by atoms with Crippen LogP contribution in [-0.2, 0) is 10.0 Å². The normalized spacial score (nSPS) is 15.8. The molecule has 3 N–H and O–H groups in total. The predicted molar refractivity (Wildman–Crippen MR) is 125 cm³/mol. The lowest BCUT2D eigenvalue weighted by molar-refractivity contribution is 0.0997. The molecule has 2 aromatic carbocycles. The minimum absolute atomic E-state index is 0.0285. The van der Waals surface area contributed by atoms with Gasteiger partial charge in [0, 0.05) is 30.2 Å². The van der Waals surface area contributed by atoms with Gasteiger partial charge in [-0.15, -0.1) is 0 Å². The highest BCUT2D eigenvalue weighted by Crippen LogP contribution is 2.37. The van der Waals surface area contributed by atoms with E-state index in [0.717, 1.165) is 22.1 Å². The second-order valence-electron chi connectivity index (χ2n) is 8.27. The number of piperidine rings is 1. The van der Waals surface area contributed by atoms with Gasteiger partial charge in [0.1, 0.15) is 0 Å². The number of aromatic amines is 1. The van der Waals surface area contributed by atoms with E-state index in [2.05, 4.69) is 4.98 Å². The summed E-state index contributed by atoms with van der Waals surface area (Å²) in [5.74, 6) is -0.280. The zero-order valence-electron chi connectivity index (χ0n) is 18.2. The molecule has 0 spiro atoms. The molecule has 0 radical (unpaired) electrons. The number of primary amides is 1. The van der Waals surface area contributed by atoms with Crippen molar-refractivity contribution in [2.24, 2.45) is 5.73 Å². The number of rotatable bonds is 6. The number of nitrogens with zero attached hydrogens (tertiary/aromatic N) is 1. The molecule has 1 aliphatic heterocycles. The number of amides is 1. The number of hydrogen-bond donors (Lipinski definition) is 2. The summed E-state index contributed by atoms with van der Waals surface area (Å²) in [5.41, 5.74) is 10.1. The number of carbonyl (C=O) groups is 2. The second-order valence-corrected chi connectivity index (χ2v) is 10.5. The number of ketones is 1. The predicted octanol–water partition coefficient (Wildman–Crippen LogP) is 3.67. The lowest BCUT2D eigenvalue weighted by atomic mass is 9.88. The van der Waals surface area contributed by atoms with Crippen molar-refractivity contribution in [2.45, 2.75) is 32.6 Å². The van der Waals surface area contributed by atoms with E-state index in [1.165, 1.54) is 6.92 Å². The Morgan fingerprint density at radius 1 is 1.12 bits per heavy atom. The Hall–Kier alpha value is -2.97. The molecule has 1 aliphatic rings. The Morgan fingerprint density at radius 3 is 2.47 bits per heavy atom. The average molecular weight is 454 g/mol. The summed E-state index contributed by atoms with van der Waals surface area (Å²) in [4.78, 5) is 27.3. The van der Waals surface area contributed by atoms with Crippen LogP contribution in [0.5, 0.6) is 0 Å². The fourth-order valence-corrected chi connectivity index (χ4v) is 5.63. The van der Waals surface area contributed by atoms with Gasteiger partial charge in [0.2, 0.25) is 10.0 Å². The molecule has 0 saturated carbocycles. The summed E-state index contributed by atoms with van der Waals surface area (Å²) in [6.45, 7) is 4.15. The molecule has 32 heavy (non-hydrogen) atoms. The van der Waals surface area contributed by atoms with Crippen molar-refractivity contribution in [1.29, 1.82) is 0 Å². The highest BCUT2D eigenvalue weighted by atomic mass is 32.2. The van der Waals surface area contributed by atoms with E-state index < -0.39 is 15.9 Å². The first kappa shape index (κ1) is 22.2. The largest absolute Gasteiger partial charge is 0.366 e. The van der Waals surface area contributed by atoms with Crippen LogP contribution in [0.25, 0.3) is 22.0 Å². The summed E-state index contributed by atoms with van der Waals surface area (Å²) < 4.78 is 26.0. The number of nitrogens with one attached hydrogen (secondary N) is 1. The van der Waals surface area contributed by atoms with E-state index in [1.807, 2.05) is 30.5 Å². The van der Waals surface area contributed by atoms with Crippen molar-refractivity contribution in [1.82, 2.24) is 9.29 Å². The number of hydrogen-bond acceptors (Lipinski definition) is 4. The molecular formula is C24H27N3O4S. The summed E-state index contributed by atoms with van der Waals surface area (Å²) in [7, 11) is -3.19. The Morgan fingerprint density at radius 2 is 1.84 bits per heavy atom. The Bertz CT molecular complexity index is 1300. The monoisotopic (exact) mass is 453 g/mol. The van der Waals surface area contributed by atoms with Crippen molar-refractivity contribution in [3.8, 4) is 11.1 Å². The molecule has 3 aromatic rings. The van der Waals surface area contributed by atoms with Crippen molar-refractivity contribution < 1.29 is 18.0 Å². The molecule has 0 unspecified atom stereocenters. The molecule has 2 heterocycles. The minimum Gasteiger partial charge on any atom is -0.366 e. The minimum atomic E-state index is -3.19. The summed E-state index contributed by atoms with van der Waals surface area (Å²) >= 11 is 0. The molecule has 1 amide bonds. The van der Waals surface area contributed by atoms with Crippen molar-refractivity contribution in [3.05, 3.63) is 59.3 Å². The fourth-order valence-electron chi connectivity index (χ4n) is 4.50. The standard InChI is InChI=1S/C24H27N3O4S/c1-3-32(30,31)27-9-7-16(8-10-27)22-14-26-23-20(22)12-19(13-21(23)24(25)29)18-6-4-5-17(11-18)15(2)28/h4-6,11-14,16,26H,3,7-10H2,1-2H3,(H2,25,29). The van der Waals surface area contributed by atoms with Gasteiger partial charge in [0.25, 0.3) is 5.91 Å². The molecule has 1 aromatic heterocycles. The van der Waals surface area contributed by atoms with Crippen LogP contribution in [0.4, 0.5) is 0 Å². The van der Waals surface area contributed by atoms with Gasteiger partial charge in [0.15, 0.2) is 5.78 Å². The van der Waals surface area contributed by atoms with Crippen molar-refractivity contribution in [2.75, 3.05) is 18.8 Å². The molecule has 7 nitrogen and oxygen atoms in total. The van der Waals surface area contributed by atoms with Gasteiger partial charge >= 0.3 is 0 Å². The Kier molecular flexibility index (Phi) is 5.92. The first-order valence-electron chi connectivity index (χ1n) is 10.7. The SMILES string of the molecule is CCS(=O)(=O)N1CCC(c2c[nH]c3c(C(N)=O)cc(-c4cccc(C(C)=O)c4)cc23)CC1. The van der Waals surface area contributed by atoms with Crippen LogP contribution in [-0.4, -0.2) is 48.2 Å². The number of H-pyrrole nitrogens is 1. The number of aromatic nitrogens is 1. The molecule has 8 heteroatoms. The molecule has 1 saturated heterocycles. The third-order valence-corrected chi connectivity index (χ3v) is 8.22. The molecular weight excluding hydrogens is 426 g/mol. The van der Waals surface area contributed by atoms with Gasteiger partial charge < -0.3 is 10.7 Å². The Balaban J connectivity index is 1.76. The highest BCUT2D eigenvalue weighted by Gasteiger charge is 2.29. The summed E-state index contributed by atoms with van der Waals surface area (Å²) in [6.07, 6.45) is 3.33. The first-order valence-corrected chi connectivity index (χ1v) is 12.4. The van der Waals surface area contributed by atoms with E-state index in [4.69, 9.17) is 5.73 Å². The number of benzene rings is 2. The van der Waals surface area contributed by atoms with Crippen LogP contribution < -0.4 is 5.73 Å². The first-order chi connectivity index (χ1) is 15.2. The van der Waals surface area contributed by atoms with E-state index >= 15 is 0 Å². The van der Waals surface area contributed by atoms with Crippen LogP contribution in [0.1, 0.15) is 58.9 Å². The molecule has 168 valence electrons. The zero-order valence-corrected chi connectivity index (χ0v) is 19.0. The van der Waals surface area contributed by atoms with E-state index in [9.17, 15) is 18.0 Å². The number of sulfonamides is 1. The van der Waals surface area contributed by atoms with Crippen LogP contribution >= 0.6 is 0 Å². The van der Waals surface area contributed by atoms with Gasteiger partial charge in [-0.25, -0.2) is 12.7 Å². The smallest absolute Gasteiger partial charge is 0.250 e. The highest BCUT2D eigenvalue weighted by molar-refractivity contribution is 7.89. The maximum atomic E-state index is 12.2. The topological polar surface area (TPSA) is 113 Å². The lowest BCUT2D eigenvalue weighted by Crippen LogP contribution is -2.38. The van der Waals surface area contributed by atoms with Crippen LogP contribution in [0.15, 0.2) is 42.6 Å². The average Bonchev–Trinajstić information content (AvgIpc) is 3.22. The van der Waals surface area contributed by atoms with E-state index in [-0.39, 0.29) is 17.5 Å². The quantitative estimate of drug-likeness (QED) is 0.554. The fraction of sp³-hybridized carbons (Fsp3) is 0.333. The Labute approximate surface area is 187 Å². The van der Waals surface area contributed by atoms with Gasteiger partial charge in [-0.3, -0.25) is 9.59 Å². The van der Waals surface area contributed by atoms with Gasteiger partial charge in [0.05, 0.1) is 16.8 Å². The van der Waals surface area contributed by atoms with Crippen LogP contribution in [0.3, 0.4) is 0 Å². The van der Waals surface area contributed by atoms with Gasteiger partial charge in [-0.2, -0.15) is 0 Å². The van der Waals surface area contributed by atoms with E-state index in [0.29, 0.717) is 42.6 Å². The van der Waals surface area contributed by atoms with Crippen LogP contribution in [0.2, 0.25) is 0 Å². The maximum Gasteiger partial charge on any atom is 0.250 e. The molecule has 0 aliphatic carbocycles. The van der Waals surface area contributed by atoms with Crippen molar-refractivity contribution in [3.63, 3.8) is 0 Å². The molecule has 4 rings (SSSR count). The lowest BCUT2D eigenvalue weighted by Gasteiger charge is -2.31. The molecule has 0 bridgehead atoms. The number of fused-ring (bicyclic) bond motifs is 1. The van der Waals surface area contributed by atoms with Crippen molar-refractivity contribution >= 4 is 32.6 Å². The molecule has 0 atom stereocenters. The third-order valence-electron chi connectivity index (χ3n) is 6.34. The number of Topliss-reactive ketones (excluding diaryl/α,β-unsaturated/α-hetero) is 1. The molecule has 1 fully saturated rings. The number of nitrogens with two attached hydrogens (primary N) is 1. The van der Waals surface area contributed by atoms with Gasteiger partial charge in [-0.1, -0.05) is 18.2 Å². The maximum absolute atomic E-state index is 12.2. The summed E-state index contributed by atoms with van der Waals surface area (Å²) in [6, 6.07) is 11.1. The van der Waals surface area contributed by atoms with E-state index in [1.54, 1.807) is 23.4 Å². The van der Waals surface area contributed by atoms with Crippen LogP contribution in [0, 0.1) is 0 Å². The third kappa shape index (κ3) is 4.08. The van der Waals surface area contributed by atoms with Gasteiger partial charge in [-0.05, 0) is 67.5 Å². The summed E-state index contributed by atoms with van der Waals surface area (Å²) in [5, 5.41) is 0.904. The number of carbonyl (C=O) groups excluding carboxylic acids is 2. The zero-order chi connectivity index (χ0) is 23.0.